The SMILES string of the molecule is COc1cccc(NC(=O)c2ccccc2NC(=O)CCC(=O)[O-])c1. The van der Waals surface area contributed by atoms with Crippen LogP contribution in [0.4, 0.5) is 11.4 Å². The lowest BCUT2D eigenvalue weighted by molar-refractivity contribution is -0.305. The summed E-state index contributed by atoms with van der Waals surface area (Å²) >= 11 is 0. The molecule has 0 aliphatic rings. The summed E-state index contributed by atoms with van der Waals surface area (Å²) in [6.45, 7) is 0. The van der Waals surface area contributed by atoms with E-state index < -0.39 is 17.8 Å². The van der Waals surface area contributed by atoms with Crippen molar-refractivity contribution >= 4 is 29.2 Å². The van der Waals surface area contributed by atoms with Gasteiger partial charge in [-0.15, -0.1) is 0 Å². The molecule has 2 rings (SSSR count). The number of aliphatic carboxylic acids is 1. The Morgan fingerprint density at radius 1 is 1.00 bits per heavy atom. The number of amides is 2. The van der Waals surface area contributed by atoms with Crippen molar-refractivity contribution in [1.29, 1.82) is 0 Å². The third kappa shape index (κ3) is 5.35. The zero-order valence-electron chi connectivity index (χ0n) is 13.6. The van der Waals surface area contributed by atoms with E-state index >= 15 is 0 Å². The van der Waals surface area contributed by atoms with Crippen LogP contribution in [-0.2, 0) is 9.59 Å². The predicted octanol–water partition coefficient (Wildman–Crippen LogP) is 1.42. The van der Waals surface area contributed by atoms with Gasteiger partial charge < -0.3 is 25.3 Å². The van der Waals surface area contributed by atoms with Crippen molar-refractivity contribution in [2.45, 2.75) is 12.8 Å². The molecule has 0 heterocycles. The maximum absolute atomic E-state index is 12.5. The maximum atomic E-state index is 12.5. The van der Waals surface area contributed by atoms with E-state index in [1.807, 2.05) is 0 Å². The zero-order valence-corrected chi connectivity index (χ0v) is 13.6. The fourth-order valence-corrected chi connectivity index (χ4v) is 2.12. The molecule has 25 heavy (non-hydrogen) atoms. The van der Waals surface area contributed by atoms with E-state index in [-0.39, 0.29) is 18.4 Å². The van der Waals surface area contributed by atoms with Crippen LogP contribution >= 0.6 is 0 Å². The van der Waals surface area contributed by atoms with Crippen LogP contribution in [0.5, 0.6) is 5.75 Å². The standard InChI is InChI=1S/C18H18N2O5/c1-25-13-6-4-5-12(11-13)19-18(24)14-7-2-3-8-15(14)20-16(21)9-10-17(22)23/h2-8,11H,9-10H2,1H3,(H,19,24)(H,20,21)(H,22,23)/p-1. The average Bonchev–Trinajstić information content (AvgIpc) is 2.60. The van der Waals surface area contributed by atoms with Gasteiger partial charge >= 0.3 is 0 Å². The number of anilines is 2. The largest absolute Gasteiger partial charge is 0.550 e. The number of benzene rings is 2. The molecule has 0 spiro atoms. The lowest BCUT2D eigenvalue weighted by Crippen LogP contribution is -2.24. The van der Waals surface area contributed by atoms with Crippen molar-refractivity contribution in [3.05, 3.63) is 54.1 Å². The van der Waals surface area contributed by atoms with Gasteiger partial charge in [-0.05, 0) is 30.7 Å². The summed E-state index contributed by atoms with van der Waals surface area (Å²) in [6, 6.07) is 13.3. The van der Waals surface area contributed by atoms with Crippen LogP contribution in [0.25, 0.3) is 0 Å². The van der Waals surface area contributed by atoms with Crippen molar-refractivity contribution in [3.8, 4) is 5.75 Å². The number of carbonyl (C=O) groups excluding carboxylic acids is 3. The van der Waals surface area contributed by atoms with Gasteiger partial charge in [0.15, 0.2) is 0 Å². The first-order valence-electron chi connectivity index (χ1n) is 7.53. The van der Waals surface area contributed by atoms with Gasteiger partial charge in [-0.2, -0.15) is 0 Å². The lowest BCUT2D eigenvalue weighted by atomic mass is 10.1. The molecule has 2 amide bonds. The normalized spacial score (nSPS) is 9.96. The third-order valence-corrected chi connectivity index (χ3v) is 3.33. The molecule has 0 radical (unpaired) electrons. The van der Waals surface area contributed by atoms with Gasteiger partial charge in [0.25, 0.3) is 5.91 Å². The first-order chi connectivity index (χ1) is 12.0. The topological polar surface area (TPSA) is 108 Å². The summed E-state index contributed by atoms with van der Waals surface area (Å²) in [7, 11) is 1.53. The molecular formula is C18H17N2O5-. The Kier molecular flexibility index (Phi) is 6.11. The maximum Gasteiger partial charge on any atom is 0.257 e. The van der Waals surface area contributed by atoms with Crippen molar-refractivity contribution in [3.63, 3.8) is 0 Å². The number of hydrogen-bond acceptors (Lipinski definition) is 5. The molecule has 0 bridgehead atoms. The van der Waals surface area contributed by atoms with Gasteiger partial charge in [0.1, 0.15) is 5.75 Å². The summed E-state index contributed by atoms with van der Waals surface area (Å²) in [6.07, 6.45) is -0.613. The fraction of sp³-hybridized carbons (Fsp3) is 0.167. The molecular weight excluding hydrogens is 324 g/mol. The second-order valence-corrected chi connectivity index (χ2v) is 5.15. The molecule has 0 saturated carbocycles. The van der Waals surface area contributed by atoms with Crippen molar-refractivity contribution < 1.29 is 24.2 Å². The molecule has 0 atom stereocenters. The van der Waals surface area contributed by atoms with Gasteiger partial charge in [-0.1, -0.05) is 18.2 Å². The molecule has 0 saturated heterocycles. The average molecular weight is 341 g/mol. The van der Waals surface area contributed by atoms with E-state index in [0.717, 1.165) is 0 Å². The van der Waals surface area contributed by atoms with Gasteiger partial charge in [-0.3, -0.25) is 9.59 Å². The molecule has 2 aromatic rings. The summed E-state index contributed by atoms with van der Waals surface area (Å²) in [4.78, 5) is 34.7. The number of carboxylic acid groups (broad SMARTS) is 1. The highest BCUT2D eigenvalue weighted by Crippen LogP contribution is 2.20. The highest BCUT2D eigenvalue weighted by molar-refractivity contribution is 6.10. The molecule has 2 N–H and O–H groups in total. The van der Waals surface area contributed by atoms with E-state index in [4.69, 9.17) is 4.74 Å². The number of hydrogen-bond donors (Lipinski definition) is 2. The van der Waals surface area contributed by atoms with E-state index in [2.05, 4.69) is 10.6 Å². The minimum Gasteiger partial charge on any atom is -0.550 e. The van der Waals surface area contributed by atoms with E-state index in [0.29, 0.717) is 17.1 Å². The molecule has 7 nitrogen and oxygen atoms in total. The van der Waals surface area contributed by atoms with Gasteiger partial charge in [0.2, 0.25) is 5.91 Å². The number of rotatable bonds is 7. The van der Waals surface area contributed by atoms with Crippen LogP contribution in [0.3, 0.4) is 0 Å². The summed E-state index contributed by atoms with van der Waals surface area (Å²) in [5, 5.41) is 15.7. The predicted molar refractivity (Wildman–Crippen MR) is 90.3 cm³/mol. The van der Waals surface area contributed by atoms with Crippen LogP contribution in [0.2, 0.25) is 0 Å². The number of carbonyl (C=O) groups is 3. The van der Waals surface area contributed by atoms with Crippen LogP contribution in [-0.4, -0.2) is 24.9 Å². The number of nitrogens with one attached hydrogen (secondary N) is 2. The van der Waals surface area contributed by atoms with E-state index in [9.17, 15) is 19.5 Å². The van der Waals surface area contributed by atoms with Crippen LogP contribution in [0.1, 0.15) is 23.2 Å². The van der Waals surface area contributed by atoms with E-state index in [1.54, 1.807) is 48.5 Å². The molecule has 0 aliphatic heterocycles. The summed E-state index contributed by atoms with van der Waals surface area (Å²) < 4.78 is 5.10. The van der Waals surface area contributed by atoms with Gasteiger partial charge in [0.05, 0.1) is 18.4 Å². The molecule has 2 aromatic carbocycles. The Balaban J connectivity index is 2.11. The summed E-state index contributed by atoms with van der Waals surface area (Å²) in [5.41, 5.74) is 1.10. The lowest BCUT2D eigenvalue weighted by Gasteiger charge is -2.12. The second-order valence-electron chi connectivity index (χ2n) is 5.15. The first kappa shape index (κ1) is 18.0. The Bertz CT molecular complexity index is 789. The Hall–Kier alpha value is -3.35. The van der Waals surface area contributed by atoms with Crippen molar-refractivity contribution in [2.24, 2.45) is 0 Å². The van der Waals surface area contributed by atoms with Gasteiger partial charge in [0, 0.05) is 24.1 Å². The molecule has 0 aromatic heterocycles. The van der Waals surface area contributed by atoms with Crippen LogP contribution in [0.15, 0.2) is 48.5 Å². The smallest absolute Gasteiger partial charge is 0.257 e. The number of methoxy groups -OCH3 is 1. The minimum atomic E-state index is -1.31. The van der Waals surface area contributed by atoms with Crippen LogP contribution in [0, 0.1) is 0 Å². The third-order valence-electron chi connectivity index (χ3n) is 3.33. The van der Waals surface area contributed by atoms with Crippen LogP contribution < -0.4 is 20.5 Å². The van der Waals surface area contributed by atoms with Gasteiger partial charge in [-0.25, -0.2) is 0 Å². The molecule has 7 heteroatoms. The molecule has 130 valence electrons. The second kappa shape index (κ2) is 8.49. The molecule has 0 unspecified atom stereocenters. The molecule has 0 fully saturated rings. The minimum absolute atomic E-state index is 0.228. The summed E-state index contributed by atoms with van der Waals surface area (Å²) in [5.74, 6) is -1.63. The fourth-order valence-electron chi connectivity index (χ4n) is 2.12. The Morgan fingerprint density at radius 2 is 1.76 bits per heavy atom. The quantitative estimate of drug-likeness (QED) is 0.792. The first-order valence-corrected chi connectivity index (χ1v) is 7.53. The Morgan fingerprint density at radius 3 is 2.48 bits per heavy atom. The molecule has 0 aliphatic carbocycles. The zero-order chi connectivity index (χ0) is 18.2. The highest BCUT2D eigenvalue weighted by Gasteiger charge is 2.13. The Labute approximate surface area is 144 Å². The number of ether oxygens (including phenoxy) is 1. The highest BCUT2D eigenvalue weighted by atomic mass is 16.5. The number of carboxylic acids is 1. The van der Waals surface area contributed by atoms with Crippen molar-refractivity contribution in [2.75, 3.05) is 17.7 Å². The van der Waals surface area contributed by atoms with E-state index in [1.165, 1.54) is 7.11 Å². The number of para-hydroxylation sites is 1. The van der Waals surface area contributed by atoms with Crippen molar-refractivity contribution in [1.82, 2.24) is 0 Å². The monoisotopic (exact) mass is 341 g/mol.